The molecule has 1 aliphatic rings. The summed E-state index contributed by atoms with van der Waals surface area (Å²) in [6.07, 6.45) is 2.91. The van der Waals surface area contributed by atoms with Crippen molar-refractivity contribution in [2.45, 2.75) is 32.5 Å². The summed E-state index contributed by atoms with van der Waals surface area (Å²) in [5.41, 5.74) is 4.61. The number of rotatable bonds is 4. The molecule has 3 aromatic rings. The first-order valence-corrected chi connectivity index (χ1v) is 8.05. The zero-order valence-corrected chi connectivity index (χ0v) is 13.5. The first kappa shape index (κ1) is 14.5. The van der Waals surface area contributed by atoms with Crippen LogP contribution in [0.1, 0.15) is 35.5 Å². The Morgan fingerprint density at radius 3 is 3.17 bits per heavy atom. The van der Waals surface area contributed by atoms with Gasteiger partial charge in [-0.05, 0) is 30.0 Å². The van der Waals surface area contributed by atoms with Crippen molar-refractivity contribution in [1.29, 1.82) is 0 Å². The van der Waals surface area contributed by atoms with Gasteiger partial charge in [0.15, 0.2) is 0 Å². The van der Waals surface area contributed by atoms with Crippen LogP contribution in [0.15, 0.2) is 35.0 Å². The SMILES string of the molecule is CC(NCc1noc2c1COCC2)c1ccc2ccn(C)c2c1. The second-order valence-electron chi connectivity index (χ2n) is 6.18. The first-order valence-electron chi connectivity index (χ1n) is 8.05. The first-order chi connectivity index (χ1) is 11.2. The Hall–Kier alpha value is -2.11. The minimum absolute atomic E-state index is 0.242. The summed E-state index contributed by atoms with van der Waals surface area (Å²) in [6, 6.07) is 8.98. The van der Waals surface area contributed by atoms with Gasteiger partial charge in [-0.1, -0.05) is 17.3 Å². The Morgan fingerprint density at radius 2 is 2.26 bits per heavy atom. The average molecular weight is 311 g/mol. The number of fused-ring (bicyclic) bond motifs is 2. The van der Waals surface area contributed by atoms with E-state index in [0.29, 0.717) is 13.2 Å². The number of benzene rings is 1. The van der Waals surface area contributed by atoms with Crippen molar-refractivity contribution in [2.24, 2.45) is 7.05 Å². The van der Waals surface area contributed by atoms with E-state index in [1.165, 1.54) is 16.5 Å². The third-order valence-corrected chi connectivity index (χ3v) is 4.66. The number of aromatic nitrogens is 2. The number of nitrogens with one attached hydrogen (secondary N) is 1. The van der Waals surface area contributed by atoms with Crippen molar-refractivity contribution in [3.63, 3.8) is 0 Å². The zero-order valence-electron chi connectivity index (χ0n) is 13.5. The van der Waals surface area contributed by atoms with Gasteiger partial charge in [0.25, 0.3) is 0 Å². The summed E-state index contributed by atoms with van der Waals surface area (Å²) in [7, 11) is 2.08. The lowest BCUT2D eigenvalue weighted by atomic mass is 10.1. The van der Waals surface area contributed by atoms with Gasteiger partial charge in [0.2, 0.25) is 0 Å². The van der Waals surface area contributed by atoms with Crippen LogP contribution in [-0.2, 0) is 31.4 Å². The van der Waals surface area contributed by atoms with Crippen LogP contribution in [0.25, 0.3) is 10.9 Å². The Morgan fingerprint density at radius 1 is 1.35 bits per heavy atom. The van der Waals surface area contributed by atoms with Gasteiger partial charge in [0.05, 0.1) is 13.2 Å². The van der Waals surface area contributed by atoms with E-state index in [1.807, 2.05) is 0 Å². The molecule has 0 spiro atoms. The number of nitrogens with zero attached hydrogens (tertiary/aromatic N) is 2. The average Bonchev–Trinajstić information content (AvgIpc) is 3.16. The minimum Gasteiger partial charge on any atom is -0.376 e. The molecule has 0 radical (unpaired) electrons. The fourth-order valence-corrected chi connectivity index (χ4v) is 3.14. The van der Waals surface area contributed by atoms with E-state index in [1.54, 1.807) is 0 Å². The van der Waals surface area contributed by atoms with Gasteiger partial charge >= 0.3 is 0 Å². The van der Waals surface area contributed by atoms with E-state index in [-0.39, 0.29) is 6.04 Å². The van der Waals surface area contributed by atoms with Crippen molar-refractivity contribution >= 4 is 10.9 Å². The van der Waals surface area contributed by atoms with Crippen LogP contribution < -0.4 is 5.32 Å². The molecule has 120 valence electrons. The van der Waals surface area contributed by atoms with Gasteiger partial charge in [0, 0.05) is 43.3 Å². The molecule has 0 aliphatic carbocycles. The van der Waals surface area contributed by atoms with Crippen LogP contribution >= 0.6 is 0 Å². The van der Waals surface area contributed by atoms with E-state index >= 15 is 0 Å². The number of aryl methyl sites for hydroxylation is 1. The lowest BCUT2D eigenvalue weighted by molar-refractivity contribution is 0.102. The standard InChI is InChI=1S/C18H21N3O2/c1-12(14-4-3-13-5-7-21(2)17(13)9-14)19-10-16-15-11-22-8-6-18(15)23-20-16/h3-5,7,9,12,19H,6,8,10-11H2,1-2H3. The summed E-state index contributed by atoms with van der Waals surface area (Å²) in [6.45, 7) is 4.20. The Kier molecular flexibility index (Phi) is 3.67. The van der Waals surface area contributed by atoms with Crippen molar-refractivity contribution in [2.75, 3.05) is 6.61 Å². The van der Waals surface area contributed by atoms with E-state index in [9.17, 15) is 0 Å². The molecule has 23 heavy (non-hydrogen) atoms. The predicted molar refractivity (Wildman–Crippen MR) is 88.0 cm³/mol. The second-order valence-corrected chi connectivity index (χ2v) is 6.18. The van der Waals surface area contributed by atoms with Gasteiger partial charge in [-0.15, -0.1) is 0 Å². The van der Waals surface area contributed by atoms with Crippen LogP contribution in [0.5, 0.6) is 0 Å². The third-order valence-electron chi connectivity index (χ3n) is 4.66. The fourth-order valence-electron chi connectivity index (χ4n) is 3.14. The smallest absolute Gasteiger partial charge is 0.144 e. The quantitative estimate of drug-likeness (QED) is 0.804. The monoisotopic (exact) mass is 311 g/mol. The molecule has 1 N–H and O–H groups in total. The van der Waals surface area contributed by atoms with Crippen LogP contribution in [0.4, 0.5) is 0 Å². The largest absolute Gasteiger partial charge is 0.376 e. The number of ether oxygens (including phenoxy) is 1. The highest BCUT2D eigenvalue weighted by molar-refractivity contribution is 5.80. The fraction of sp³-hybridized carbons (Fsp3) is 0.389. The summed E-state index contributed by atoms with van der Waals surface area (Å²) in [5, 5.41) is 9.01. The second kappa shape index (κ2) is 5.83. The van der Waals surface area contributed by atoms with Crippen molar-refractivity contribution in [3.8, 4) is 0 Å². The van der Waals surface area contributed by atoms with Crippen molar-refractivity contribution in [3.05, 3.63) is 53.0 Å². The molecule has 0 saturated heterocycles. The van der Waals surface area contributed by atoms with Crippen LogP contribution in [0.3, 0.4) is 0 Å². The molecular weight excluding hydrogens is 290 g/mol. The lowest BCUT2D eigenvalue weighted by Gasteiger charge is -2.15. The number of hydrogen-bond acceptors (Lipinski definition) is 4. The molecule has 0 saturated carbocycles. The van der Waals surface area contributed by atoms with Crippen molar-refractivity contribution < 1.29 is 9.26 Å². The summed E-state index contributed by atoms with van der Waals surface area (Å²) in [4.78, 5) is 0. The van der Waals surface area contributed by atoms with E-state index in [4.69, 9.17) is 9.26 Å². The van der Waals surface area contributed by atoms with E-state index in [0.717, 1.165) is 30.0 Å². The van der Waals surface area contributed by atoms with Gasteiger partial charge in [0.1, 0.15) is 11.5 Å². The highest BCUT2D eigenvalue weighted by Crippen LogP contribution is 2.23. The minimum atomic E-state index is 0.242. The highest BCUT2D eigenvalue weighted by atomic mass is 16.5. The molecule has 3 heterocycles. The van der Waals surface area contributed by atoms with Crippen LogP contribution in [0.2, 0.25) is 0 Å². The Balaban J connectivity index is 1.49. The normalized spacial score (nSPS) is 15.7. The predicted octanol–water partition coefficient (Wildman–Crippen LogP) is 3.09. The van der Waals surface area contributed by atoms with E-state index < -0.39 is 0 Å². The summed E-state index contributed by atoms with van der Waals surface area (Å²) < 4.78 is 13.1. The molecule has 0 fully saturated rings. The topological polar surface area (TPSA) is 52.2 Å². The maximum Gasteiger partial charge on any atom is 0.144 e. The van der Waals surface area contributed by atoms with Crippen LogP contribution in [-0.4, -0.2) is 16.3 Å². The highest BCUT2D eigenvalue weighted by Gasteiger charge is 2.20. The molecule has 0 bridgehead atoms. The third kappa shape index (κ3) is 2.66. The van der Waals surface area contributed by atoms with Crippen LogP contribution in [0, 0.1) is 0 Å². The summed E-state index contributed by atoms with van der Waals surface area (Å²) >= 11 is 0. The Bertz CT molecular complexity index is 834. The van der Waals surface area contributed by atoms with Crippen molar-refractivity contribution in [1.82, 2.24) is 15.0 Å². The molecular formula is C18H21N3O2. The summed E-state index contributed by atoms with van der Waals surface area (Å²) in [5.74, 6) is 0.978. The van der Waals surface area contributed by atoms with Gasteiger partial charge in [-0.25, -0.2) is 0 Å². The molecule has 5 nitrogen and oxygen atoms in total. The van der Waals surface area contributed by atoms with E-state index in [2.05, 4.69) is 59.5 Å². The molecule has 1 aliphatic heterocycles. The van der Waals surface area contributed by atoms with Gasteiger partial charge < -0.3 is 19.1 Å². The zero-order chi connectivity index (χ0) is 15.8. The molecule has 1 aromatic carbocycles. The Labute approximate surface area is 135 Å². The molecule has 0 amide bonds. The molecule has 4 rings (SSSR count). The molecule has 5 heteroatoms. The lowest BCUT2D eigenvalue weighted by Crippen LogP contribution is -2.20. The maximum atomic E-state index is 5.51. The molecule has 2 aromatic heterocycles. The van der Waals surface area contributed by atoms with Gasteiger partial charge in [-0.2, -0.15) is 0 Å². The number of hydrogen-bond donors (Lipinski definition) is 1. The van der Waals surface area contributed by atoms with Gasteiger partial charge in [-0.3, -0.25) is 0 Å². The molecule has 1 atom stereocenters. The maximum absolute atomic E-state index is 5.51. The molecule has 1 unspecified atom stereocenters.